The molecule has 0 fully saturated rings. The maximum Gasteiger partial charge on any atom is 0.242 e. The Kier molecular flexibility index (Phi) is 6.83. The van der Waals surface area contributed by atoms with Gasteiger partial charge in [-0.3, -0.25) is 4.79 Å². The molecule has 0 heterocycles. The summed E-state index contributed by atoms with van der Waals surface area (Å²) >= 11 is 6.14. The summed E-state index contributed by atoms with van der Waals surface area (Å²) < 4.78 is 13.6. The number of carbonyl (C=O) groups is 1. The lowest BCUT2D eigenvalue weighted by Gasteiger charge is -2.24. The Labute approximate surface area is 174 Å². The molecule has 0 aromatic heterocycles. The molecule has 1 amide bonds. The van der Waals surface area contributed by atoms with Gasteiger partial charge in [0.15, 0.2) is 0 Å². The van der Waals surface area contributed by atoms with E-state index in [0.717, 1.165) is 5.56 Å². The van der Waals surface area contributed by atoms with Crippen molar-refractivity contribution in [1.82, 2.24) is 4.90 Å². The van der Waals surface area contributed by atoms with E-state index >= 15 is 0 Å². The fourth-order valence-electron chi connectivity index (χ4n) is 2.88. The molecule has 29 heavy (non-hydrogen) atoms. The number of carbonyl (C=O) groups excluding carboxylic acids is 1. The summed E-state index contributed by atoms with van der Waals surface area (Å²) in [5, 5.41) is 12.5. The molecule has 0 unspecified atom stereocenters. The van der Waals surface area contributed by atoms with Crippen molar-refractivity contribution < 1.29 is 9.18 Å². The molecule has 4 nitrogen and oxygen atoms in total. The Morgan fingerprint density at radius 1 is 1.00 bits per heavy atom. The van der Waals surface area contributed by atoms with Crippen LogP contribution in [0.5, 0.6) is 0 Å². The summed E-state index contributed by atoms with van der Waals surface area (Å²) in [4.78, 5) is 14.6. The monoisotopic (exact) mass is 407 g/mol. The molecular weight excluding hydrogens is 389 g/mol. The zero-order valence-electron chi connectivity index (χ0n) is 15.6. The molecule has 0 aliphatic rings. The van der Waals surface area contributed by atoms with Gasteiger partial charge in [0.1, 0.15) is 5.82 Å². The Hall–Kier alpha value is -3.36. The molecule has 0 saturated heterocycles. The number of halogens is 2. The van der Waals surface area contributed by atoms with Gasteiger partial charge >= 0.3 is 0 Å². The van der Waals surface area contributed by atoms with Gasteiger partial charge in [-0.05, 0) is 47.5 Å². The van der Waals surface area contributed by atoms with Gasteiger partial charge < -0.3 is 10.2 Å². The maximum atomic E-state index is 13.6. The number of para-hydroxylation sites is 1. The molecule has 6 heteroatoms. The van der Waals surface area contributed by atoms with Gasteiger partial charge in [0.2, 0.25) is 5.91 Å². The Balaban J connectivity index is 1.75. The normalized spacial score (nSPS) is 10.2. The summed E-state index contributed by atoms with van der Waals surface area (Å²) in [6, 6.07) is 22.5. The summed E-state index contributed by atoms with van der Waals surface area (Å²) in [6.45, 7) is 0.654. The molecule has 0 radical (unpaired) electrons. The van der Waals surface area contributed by atoms with Gasteiger partial charge in [0.05, 0.1) is 28.9 Å². The quantitative estimate of drug-likeness (QED) is 0.600. The average Bonchev–Trinajstić information content (AvgIpc) is 2.73. The highest BCUT2D eigenvalue weighted by molar-refractivity contribution is 6.33. The summed E-state index contributed by atoms with van der Waals surface area (Å²) in [5.74, 6) is -0.499. The smallest absolute Gasteiger partial charge is 0.242 e. The number of amides is 1. The molecule has 3 rings (SSSR count). The van der Waals surface area contributed by atoms with Gasteiger partial charge in [0.25, 0.3) is 0 Å². The molecular formula is C23H19ClFN3O. The van der Waals surface area contributed by atoms with Gasteiger partial charge in [-0.1, -0.05) is 48.0 Å². The summed E-state index contributed by atoms with van der Waals surface area (Å²) in [6.07, 6.45) is 0. The van der Waals surface area contributed by atoms with E-state index in [-0.39, 0.29) is 24.8 Å². The van der Waals surface area contributed by atoms with Crippen LogP contribution in [0.2, 0.25) is 5.02 Å². The number of anilines is 1. The second-order valence-corrected chi connectivity index (χ2v) is 6.93. The molecule has 0 spiro atoms. The second kappa shape index (κ2) is 9.72. The fourth-order valence-corrected chi connectivity index (χ4v) is 3.08. The number of benzene rings is 3. The summed E-state index contributed by atoms with van der Waals surface area (Å²) in [7, 11) is 0. The van der Waals surface area contributed by atoms with Crippen molar-refractivity contribution in [3.63, 3.8) is 0 Å². The number of hydrogen-bond acceptors (Lipinski definition) is 3. The van der Waals surface area contributed by atoms with Crippen LogP contribution in [-0.2, 0) is 17.9 Å². The molecule has 3 aromatic rings. The van der Waals surface area contributed by atoms with E-state index in [1.165, 1.54) is 12.1 Å². The van der Waals surface area contributed by atoms with Gasteiger partial charge in [-0.15, -0.1) is 0 Å². The number of nitriles is 1. The molecule has 0 aliphatic heterocycles. The van der Waals surface area contributed by atoms with E-state index in [4.69, 9.17) is 16.9 Å². The Bertz CT molecular complexity index is 1030. The number of nitrogens with one attached hydrogen (secondary N) is 1. The first-order valence-corrected chi connectivity index (χ1v) is 9.42. The van der Waals surface area contributed by atoms with Crippen LogP contribution in [0.1, 0.15) is 16.7 Å². The molecule has 0 aliphatic carbocycles. The van der Waals surface area contributed by atoms with Crippen LogP contribution in [0.4, 0.5) is 10.1 Å². The lowest BCUT2D eigenvalue weighted by atomic mass is 10.1. The molecule has 3 aromatic carbocycles. The number of nitrogens with zero attached hydrogens (tertiary/aromatic N) is 2. The van der Waals surface area contributed by atoms with E-state index in [0.29, 0.717) is 28.4 Å². The number of rotatable bonds is 7. The van der Waals surface area contributed by atoms with Crippen molar-refractivity contribution in [2.45, 2.75) is 13.1 Å². The minimum absolute atomic E-state index is 0.0509. The van der Waals surface area contributed by atoms with Gasteiger partial charge in [-0.25, -0.2) is 4.39 Å². The first-order chi connectivity index (χ1) is 14.0. The topological polar surface area (TPSA) is 56.1 Å². The highest BCUT2D eigenvalue weighted by Crippen LogP contribution is 2.20. The zero-order valence-corrected chi connectivity index (χ0v) is 16.4. The molecule has 1 N–H and O–H groups in total. The standard InChI is InChI=1S/C23H19ClFN3O/c24-21-6-1-2-7-22(21)27-14-23(29)28(16-19-4-3-5-20(25)12-19)15-18-10-8-17(13-26)9-11-18/h1-12,27H,14-16H2. The largest absolute Gasteiger partial charge is 0.375 e. The molecule has 0 bridgehead atoms. The van der Waals surface area contributed by atoms with E-state index in [1.807, 2.05) is 24.3 Å². The number of hydrogen-bond donors (Lipinski definition) is 1. The first kappa shape index (κ1) is 20.4. The summed E-state index contributed by atoms with van der Waals surface area (Å²) in [5.41, 5.74) is 2.81. The van der Waals surface area contributed by atoms with Crippen molar-refractivity contribution in [3.8, 4) is 6.07 Å². The van der Waals surface area contributed by atoms with Crippen LogP contribution < -0.4 is 5.32 Å². The fraction of sp³-hybridized carbons (Fsp3) is 0.130. The van der Waals surface area contributed by atoms with Crippen LogP contribution in [0, 0.1) is 17.1 Å². The van der Waals surface area contributed by atoms with Gasteiger partial charge in [0, 0.05) is 13.1 Å². The van der Waals surface area contributed by atoms with Crippen LogP contribution in [0.3, 0.4) is 0 Å². The predicted molar refractivity (Wildman–Crippen MR) is 112 cm³/mol. The molecule has 146 valence electrons. The van der Waals surface area contributed by atoms with Crippen molar-refractivity contribution in [2.75, 3.05) is 11.9 Å². The van der Waals surface area contributed by atoms with Crippen LogP contribution in [0.25, 0.3) is 0 Å². The van der Waals surface area contributed by atoms with Crippen molar-refractivity contribution in [3.05, 3.63) is 100 Å². The Morgan fingerprint density at radius 3 is 2.41 bits per heavy atom. The van der Waals surface area contributed by atoms with Crippen LogP contribution >= 0.6 is 11.6 Å². The lowest BCUT2D eigenvalue weighted by Crippen LogP contribution is -2.34. The van der Waals surface area contributed by atoms with E-state index in [2.05, 4.69) is 11.4 Å². The van der Waals surface area contributed by atoms with Crippen molar-refractivity contribution >= 4 is 23.2 Å². The van der Waals surface area contributed by atoms with Crippen LogP contribution in [-0.4, -0.2) is 17.4 Å². The van der Waals surface area contributed by atoms with Crippen molar-refractivity contribution in [2.24, 2.45) is 0 Å². The lowest BCUT2D eigenvalue weighted by molar-refractivity contribution is -0.130. The SMILES string of the molecule is N#Cc1ccc(CN(Cc2cccc(F)c2)C(=O)CNc2ccccc2Cl)cc1. The molecule has 0 atom stereocenters. The third-order valence-corrected chi connectivity index (χ3v) is 4.71. The Morgan fingerprint density at radius 2 is 1.72 bits per heavy atom. The third kappa shape index (κ3) is 5.81. The zero-order chi connectivity index (χ0) is 20.6. The van der Waals surface area contributed by atoms with E-state index < -0.39 is 0 Å². The van der Waals surface area contributed by atoms with E-state index in [9.17, 15) is 9.18 Å². The predicted octanol–water partition coefficient (Wildman–Crippen LogP) is 4.99. The van der Waals surface area contributed by atoms with E-state index in [1.54, 1.807) is 41.3 Å². The molecule has 0 saturated carbocycles. The average molecular weight is 408 g/mol. The van der Waals surface area contributed by atoms with Crippen LogP contribution in [0.15, 0.2) is 72.8 Å². The minimum Gasteiger partial charge on any atom is -0.375 e. The van der Waals surface area contributed by atoms with Gasteiger partial charge in [-0.2, -0.15) is 5.26 Å². The van der Waals surface area contributed by atoms with Crippen molar-refractivity contribution in [1.29, 1.82) is 5.26 Å². The highest BCUT2D eigenvalue weighted by Gasteiger charge is 2.15. The second-order valence-electron chi connectivity index (χ2n) is 6.52. The third-order valence-electron chi connectivity index (χ3n) is 4.38. The minimum atomic E-state index is -0.345. The highest BCUT2D eigenvalue weighted by atomic mass is 35.5. The maximum absolute atomic E-state index is 13.6. The first-order valence-electron chi connectivity index (χ1n) is 9.05.